The fourth-order valence-electron chi connectivity index (χ4n) is 4.68. The van der Waals surface area contributed by atoms with Gasteiger partial charge in [0.2, 0.25) is 11.8 Å². The van der Waals surface area contributed by atoms with Crippen molar-refractivity contribution in [1.29, 1.82) is 0 Å². The van der Waals surface area contributed by atoms with Crippen LogP contribution in [0.2, 0.25) is 0 Å². The molecule has 0 unspecified atom stereocenters. The molecule has 1 aliphatic heterocycles. The maximum Gasteiger partial charge on any atom is 0.249 e. The number of aliphatic hydroxyl groups is 1. The van der Waals surface area contributed by atoms with Crippen LogP contribution in [0.5, 0.6) is 0 Å². The van der Waals surface area contributed by atoms with Crippen molar-refractivity contribution in [2.75, 3.05) is 6.54 Å². The number of hydrogen-bond acceptors (Lipinski definition) is 5. The number of rotatable bonds is 3. The highest BCUT2D eigenvalue weighted by molar-refractivity contribution is 5.89. The molecule has 1 aliphatic carbocycles. The van der Waals surface area contributed by atoms with E-state index >= 15 is 0 Å². The van der Waals surface area contributed by atoms with Crippen LogP contribution < -0.4 is 0 Å². The van der Waals surface area contributed by atoms with Crippen molar-refractivity contribution in [1.82, 2.24) is 15.0 Å². The first-order valence-corrected chi connectivity index (χ1v) is 9.37. The molecule has 2 fully saturated rings. The Morgan fingerprint density at radius 3 is 2.65 bits per heavy atom. The van der Waals surface area contributed by atoms with Gasteiger partial charge in [-0.05, 0) is 37.8 Å². The first-order valence-electron chi connectivity index (χ1n) is 9.37. The molecule has 2 aliphatic rings. The van der Waals surface area contributed by atoms with Crippen LogP contribution in [-0.2, 0) is 10.2 Å². The van der Waals surface area contributed by atoms with Crippen LogP contribution in [0.15, 0.2) is 28.8 Å². The van der Waals surface area contributed by atoms with Crippen LogP contribution in [0.4, 0.5) is 0 Å². The zero-order valence-electron chi connectivity index (χ0n) is 15.3. The maximum atomic E-state index is 13.8. The molecular weight excluding hydrogens is 330 g/mol. The zero-order chi connectivity index (χ0) is 18.3. The summed E-state index contributed by atoms with van der Waals surface area (Å²) in [5.41, 5.74) is 1.75. The molecule has 138 valence electrons. The van der Waals surface area contributed by atoms with Gasteiger partial charge in [-0.25, -0.2) is 0 Å². The summed E-state index contributed by atoms with van der Waals surface area (Å²) < 4.78 is 5.34. The summed E-state index contributed by atoms with van der Waals surface area (Å²) in [4.78, 5) is 19.9. The molecule has 2 aromatic rings. The van der Waals surface area contributed by atoms with Gasteiger partial charge in [-0.15, -0.1) is 0 Å². The van der Waals surface area contributed by atoms with Gasteiger partial charge >= 0.3 is 0 Å². The van der Waals surface area contributed by atoms with Crippen LogP contribution in [0.1, 0.15) is 61.0 Å². The predicted molar refractivity (Wildman–Crippen MR) is 95.4 cm³/mol. The van der Waals surface area contributed by atoms with Gasteiger partial charge in [-0.3, -0.25) is 4.79 Å². The van der Waals surface area contributed by atoms with Crippen molar-refractivity contribution < 1.29 is 14.4 Å². The van der Waals surface area contributed by atoms with E-state index in [1.165, 1.54) is 0 Å². The second-order valence-corrected chi connectivity index (χ2v) is 7.65. The Kier molecular flexibility index (Phi) is 4.31. The number of nitrogens with zero attached hydrogens (tertiary/aromatic N) is 3. The SMILES string of the molecule is Cc1noc([C@H]2C[C@H](O)CN2C(=O)C2(c3ccccc3C)CCCC2)n1. The van der Waals surface area contributed by atoms with E-state index < -0.39 is 11.5 Å². The van der Waals surface area contributed by atoms with Crippen LogP contribution >= 0.6 is 0 Å². The van der Waals surface area contributed by atoms with Crippen molar-refractivity contribution in [2.24, 2.45) is 0 Å². The molecule has 1 amide bonds. The second-order valence-electron chi connectivity index (χ2n) is 7.65. The smallest absolute Gasteiger partial charge is 0.249 e. The lowest BCUT2D eigenvalue weighted by Crippen LogP contribution is -2.46. The van der Waals surface area contributed by atoms with E-state index in [9.17, 15) is 9.90 Å². The van der Waals surface area contributed by atoms with E-state index in [2.05, 4.69) is 29.2 Å². The second kappa shape index (κ2) is 6.50. The van der Waals surface area contributed by atoms with E-state index in [0.717, 1.165) is 36.8 Å². The molecule has 1 saturated heterocycles. The number of amides is 1. The minimum Gasteiger partial charge on any atom is -0.391 e. The van der Waals surface area contributed by atoms with Crippen LogP contribution in [0, 0.1) is 13.8 Å². The van der Waals surface area contributed by atoms with Gasteiger partial charge in [0.15, 0.2) is 5.82 Å². The van der Waals surface area contributed by atoms with Crippen LogP contribution in [0.3, 0.4) is 0 Å². The van der Waals surface area contributed by atoms with E-state index in [0.29, 0.717) is 24.7 Å². The largest absolute Gasteiger partial charge is 0.391 e. The van der Waals surface area contributed by atoms with Crippen molar-refractivity contribution in [3.63, 3.8) is 0 Å². The van der Waals surface area contributed by atoms with Gasteiger partial charge in [0, 0.05) is 13.0 Å². The molecule has 2 heterocycles. The topological polar surface area (TPSA) is 79.5 Å². The first kappa shape index (κ1) is 17.2. The Labute approximate surface area is 153 Å². The minimum atomic E-state index is -0.563. The van der Waals surface area contributed by atoms with Crippen LogP contribution in [0.25, 0.3) is 0 Å². The standard InChI is InChI=1S/C20H25N3O3/c1-13-7-3-4-8-16(13)20(9-5-6-10-20)19(25)23-12-15(24)11-17(23)18-21-14(2)22-26-18/h3-4,7-8,15,17,24H,5-6,9-12H2,1-2H3/t15-,17+/m0/s1. The van der Waals surface area contributed by atoms with Crippen molar-refractivity contribution in [3.05, 3.63) is 47.1 Å². The fraction of sp³-hybridized carbons (Fsp3) is 0.550. The third-order valence-electron chi connectivity index (χ3n) is 5.90. The lowest BCUT2D eigenvalue weighted by atomic mass is 9.75. The Hall–Kier alpha value is -2.21. The van der Waals surface area contributed by atoms with Crippen LogP contribution in [-0.4, -0.2) is 38.7 Å². The van der Waals surface area contributed by atoms with E-state index in [-0.39, 0.29) is 11.9 Å². The molecule has 6 nitrogen and oxygen atoms in total. The number of benzene rings is 1. The molecule has 0 spiro atoms. The molecule has 2 atom stereocenters. The third kappa shape index (κ3) is 2.72. The van der Waals surface area contributed by atoms with E-state index in [1.807, 2.05) is 12.1 Å². The average Bonchev–Trinajstić information content (AvgIpc) is 3.34. The Bertz CT molecular complexity index is 810. The van der Waals surface area contributed by atoms with Gasteiger partial charge in [0.1, 0.15) is 6.04 Å². The van der Waals surface area contributed by atoms with Gasteiger partial charge in [-0.2, -0.15) is 4.98 Å². The number of aryl methyl sites for hydroxylation is 2. The molecule has 6 heteroatoms. The number of β-amino-alcohol motifs (C(OH)–C–C–N with tert-alkyl or cyclic N) is 1. The zero-order valence-corrected chi connectivity index (χ0v) is 15.3. The molecular formula is C20H25N3O3. The Morgan fingerprint density at radius 2 is 2.00 bits per heavy atom. The summed E-state index contributed by atoms with van der Waals surface area (Å²) in [5, 5.41) is 14.1. The molecule has 1 N–H and O–H groups in total. The minimum absolute atomic E-state index is 0.0849. The fourth-order valence-corrected chi connectivity index (χ4v) is 4.68. The first-order chi connectivity index (χ1) is 12.5. The van der Waals surface area contributed by atoms with Crippen molar-refractivity contribution >= 4 is 5.91 Å². The summed E-state index contributed by atoms with van der Waals surface area (Å²) >= 11 is 0. The highest BCUT2D eigenvalue weighted by atomic mass is 16.5. The summed E-state index contributed by atoms with van der Waals surface area (Å²) in [7, 11) is 0. The van der Waals surface area contributed by atoms with Gasteiger partial charge in [-0.1, -0.05) is 42.3 Å². The molecule has 1 saturated carbocycles. The monoisotopic (exact) mass is 355 g/mol. The number of likely N-dealkylation sites (tertiary alicyclic amines) is 1. The Morgan fingerprint density at radius 1 is 1.27 bits per heavy atom. The normalized spacial score (nSPS) is 25.0. The van der Waals surface area contributed by atoms with Crippen molar-refractivity contribution in [2.45, 2.75) is 63.5 Å². The van der Waals surface area contributed by atoms with E-state index in [1.54, 1.807) is 11.8 Å². The molecule has 1 aromatic carbocycles. The lowest BCUT2D eigenvalue weighted by molar-refractivity contribution is -0.139. The molecule has 0 radical (unpaired) electrons. The summed E-state index contributed by atoms with van der Waals surface area (Å²) in [6, 6.07) is 7.82. The lowest BCUT2D eigenvalue weighted by Gasteiger charge is -2.35. The summed E-state index contributed by atoms with van der Waals surface area (Å²) in [6.45, 7) is 4.15. The molecule has 4 rings (SSSR count). The summed E-state index contributed by atoms with van der Waals surface area (Å²) in [5.74, 6) is 1.05. The molecule has 1 aromatic heterocycles. The highest BCUT2D eigenvalue weighted by Crippen LogP contribution is 2.46. The Balaban J connectivity index is 1.73. The number of hydrogen-bond donors (Lipinski definition) is 1. The van der Waals surface area contributed by atoms with Gasteiger partial charge in [0.25, 0.3) is 0 Å². The van der Waals surface area contributed by atoms with Gasteiger partial charge < -0.3 is 14.5 Å². The van der Waals surface area contributed by atoms with E-state index in [4.69, 9.17) is 4.52 Å². The van der Waals surface area contributed by atoms with Crippen molar-refractivity contribution in [3.8, 4) is 0 Å². The number of carbonyl (C=O) groups excluding carboxylic acids is 1. The maximum absolute atomic E-state index is 13.8. The number of aliphatic hydroxyl groups excluding tert-OH is 1. The quantitative estimate of drug-likeness (QED) is 0.916. The molecule has 0 bridgehead atoms. The highest BCUT2D eigenvalue weighted by Gasteiger charge is 2.50. The molecule has 26 heavy (non-hydrogen) atoms. The summed E-state index contributed by atoms with van der Waals surface area (Å²) in [6.07, 6.45) is 3.66. The number of aromatic nitrogens is 2. The third-order valence-corrected chi connectivity index (χ3v) is 5.90. The van der Waals surface area contributed by atoms with Gasteiger partial charge in [0.05, 0.1) is 11.5 Å². The predicted octanol–water partition coefficient (Wildman–Crippen LogP) is 2.83. The average molecular weight is 355 g/mol. The number of carbonyl (C=O) groups is 1.